The molecule has 1 aromatic rings. The van der Waals surface area contributed by atoms with Gasteiger partial charge in [-0.15, -0.1) is 0 Å². The molecule has 0 saturated heterocycles. The summed E-state index contributed by atoms with van der Waals surface area (Å²) in [6, 6.07) is 6.86. The summed E-state index contributed by atoms with van der Waals surface area (Å²) in [4.78, 5) is 0. The van der Waals surface area contributed by atoms with Gasteiger partial charge in [0.25, 0.3) is 0 Å². The molecule has 1 aromatic carbocycles. The zero-order chi connectivity index (χ0) is 10.7. The molecule has 1 unspecified atom stereocenters. The highest BCUT2D eigenvalue weighted by molar-refractivity contribution is 5.34. The highest BCUT2D eigenvalue weighted by Gasteiger charge is 2.12. The molecule has 78 valence electrons. The van der Waals surface area contributed by atoms with Crippen molar-refractivity contribution in [2.45, 2.75) is 47.0 Å². The van der Waals surface area contributed by atoms with Crippen molar-refractivity contribution in [2.75, 3.05) is 0 Å². The van der Waals surface area contributed by atoms with Crippen LogP contribution in [0.15, 0.2) is 18.2 Å². The summed E-state index contributed by atoms with van der Waals surface area (Å²) in [6.45, 7) is 11.3. The second kappa shape index (κ2) is 4.63. The summed E-state index contributed by atoms with van der Waals surface area (Å²) in [5, 5.41) is 0. The molecule has 0 aliphatic heterocycles. The van der Waals surface area contributed by atoms with Gasteiger partial charge in [0.15, 0.2) is 0 Å². The quantitative estimate of drug-likeness (QED) is 0.666. The van der Waals surface area contributed by atoms with Gasteiger partial charge in [0, 0.05) is 0 Å². The van der Waals surface area contributed by atoms with E-state index < -0.39 is 0 Å². The molecule has 0 N–H and O–H groups in total. The maximum absolute atomic E-state index is 2.33. The van der Waals surface area contributed by atoms with Crippen LogP contribution in [0, 0.1) is 12.8 Å². The van der Waals surface area contributed by atoms with E-state index in [1.165, 1.54) is 16.7 Å². The van der Waals surface area contributed by atoms with Crippen LogP contribution in [-0.4, -0.2) is 0 Å². The van der Waals surface area contributed by atoms with Crippen LogP contribution in [0.2, 0.25) is 0 Å². The van der Waals surface area contributed by atoms with E-state index >= 15 is 0 Å². The third kappa shape index (κ3) is 2.37. The van der Waals surface area contributed by atoms with Gasteiger partial charge in [-0.1, -0.05) is 51.5 Å². The van der Waals surface area contributed by atoms with Gasteiger partial charge in [0.2, 0.25) is 0 Å². The minimum atomic E-state index is 0.672. The summed E-state index contributed by atoms with van der Waals surface area (Å²) in [7, 11) is 0. The molecule has 0 bridgehead atoms. The Morgan fingerprint density at radius 3 is 2.29 bits per heavy atom. The maximum Gasteiger partial charge on any atom is -0.0165 e. The van der Waals surface area contributed by atoms with Gasteiger partial charge < -0.3 is 0 Å². The first-order valence-corrected chi connectivity index (χ1v) is 5.65. The van der Waals surface area contributed by atoms with E-state index in [0.717, 1.165) is 12.3 Å². The minimum Gasteiger partial charge on any atom is -0.0622 e. The van der Waals surface area contributed by atoms with E-state index in [-0.39, 0.29) is 0 Å². The SMILES string of the molecule is CCc1cc(C)ccc1C(C)C(C)C. The second-order valence-corrected chi connectivity index (χ2v) is 4.59. The van der Waals surface area contributed by atoms with Crippen LogP contribution in [0.3, 0.4) is 0 Å². The number of hydrogen-bond acceptors (Lipinski definition) is 0. The number of benzene rings is 1. The molecule has 1 rings (SSSR count). The molecule has 0 heterocycles. The lowest BCUT2D eigenvalue weighted by Gasteiger charge is -2.19. The van der Waals surface area contributed by atoms with E-state index in [2.05, 4.69) is 52.8 Å². The Kier molecular flexibility index (Phi) is 3.74. The second-order valence-electron chi connectivity index (χ2n) is 4.59. The Morgan fingerprint density at radius 1 is 1.14 bits per heavy atom. The highest BCUT2D eigenvalue weighted by Crippen LogP contribution is 2.27. The minimum absolute atomic E-state index is 0.672. The highest BCUT2D eigenvalue weighted by atomic mass is 14.2. The Labute approximate surface area is 88.4 Å². The molecule has 0 aliphatic carbocycles. The van der Waals surface area contributed by atoms with E-state index in [9.17, 15) is 0 Å². The van der Waals surface area contributed by atoms with E-state index in [4.69, 9.17) is 0 Å². The molecule has 0 spiro atoms. The summed E-state index contributed by atoms with van der Waals surface area (Å²) in [6.07, 6.45) is 1.15. The van der Waals surface area contributed by atoms with Gasteiger partial charge in [-0.3, -0.25) is 0 Å². The fourth-order valence-corrected chi connectivity index (χ4v) is 1.84. The van der Waals surface area contributed by atoms with Crippen molar-refractivity contribution in [2.24, 2.45) is 5.92 Å². The van der Waals surface area contributed by atoms with Crippen LogP contribution in [0.25, 0.3) is 0 Å². The van der Waals surface area contributed by atoms with E-state index in [0.29, 0.717) is 5.92 Å². The Hall–Kier alpha value is -0.780. The lowest BCUT2D eigenvalue weighted by Crippen LogP contribution is -2.05. The van der Waals surface area contributed by atoms with Crippen LogP contribution in [-0.2, 0) is 6.42 Å². The van der Waals surface area contributed by atoms with Crippen molar-refractivity contribution in [3.63, 3.8) is 0 Å². The summed E-state index contributed by atoms with van der Waals surface area (Å²) in [5.74, 6) is 1.40. The van der Waals surface area contributed by atoms with Crippen LogP contribution < -0.4 is 0 Å². The third-order valence-electron chi connectivity index (χ3n) is 3.17. The van der Waals surface area contributed by atoms with Crippen LogP contribution in [0.5, 0.6) is 0 Å². The van der Waals surface area contributed by atoms with Crippen molar-refractivity contribution < 1.29 is 0 Å². The first-order valence-electron chi connectivity index (χ1n) is 5.65. The molecule has 0 radical (unpaired) electrons. The zero-order valence-corrected chi connectivity index (χ0v) is 10.1. The fraction of sp³-hybridized carbons (Fsp3) is 0.571. The van der Waals surface area contributed by atoms with Gasteiger partial charge in [0.05, 0.1) is 0 Å². The predicted molar refractivity (Wildman–Crippen MR) is 63.8 cm³/mol. The number of rotatable bonds is 3. The average molecular weight is 190 g/mol. The Bertz CT molecular complexity index is 297. The lowest BCUT2D eigenvalue weighted by atomic mass is 9.86. The molecule has 0 heteroatoms. The molecule has 0 amide bonds. The monoisotopic (exact) mass is 190 g/mol. The Morgan fingerprint density at radius 2 is 1.79 bits per heavy atom. The molecule has 1 atom stereocenters. The third-order valence-corrected chi connectivity index (χ3v) is 3.17. The topological polar surface area (TPSA) is 0 Å². The van der Waals surface area contributed by atoms with E-state index in [1.807, 2.05) is 0 Å². The summed E-state index contributed by atoms with van der Waals surface area (Å²) >= 11 is 0. The van der Waals surface area contributed by atoms with Crippen molar-refractivity contribution in [3.8, 4) is 0 Å². The van der Waals surface area contributed by atoms with E-state index in [1.54, 1.807) is 0 Å². The fourth-order valence-electron chi connectivity index (χ4n) is 1.84. The molecule has 0 fully saturated rings. The zero-order valence-electron chi connectivity index (χ0n) is 10.1. The first kappa shape index (κ1) is 11.3. The molecular formula is C14H22. The molecule has 0 nitrogen and oxygen atoms in total. The number of hydrogen-bond donors (Lipinski definition) is 0. The van der Waals surface area contributed by atoms with Gasteiger partial charge >= 0.3 is 0 Å². The van der Waals surface area contributed by atoms with Gasteiger partial charge in [-0.25, -0.2) is 0 Å². The van der Waals surface area contributed by atoms with Crippen molar-refractivity contribution >= 4 is 0 Å². The first-order chi connectivity index (χ1) is 6.56. The average Bonchev–Trinajstić information content (AvgIpc) is 2.16. The molecular weight excluding hydrogens is 168 g/mol. The largest absolute Gasteiger partial charge is 0.0622 e. The van der Waals surface area contributed by atoms with Gasteiger partial charge in [-0.05, 0) is 36.3 Å². The lowest BCUT2D eigenvalue weighted by molar-refractivity contribution is 0.531. The van der Waals surface area contributed by atoms with Crippen LogP contribution >= 0.6 is 0 Å². The van der Waals surface area contributed by atoms with Crippen LogP contribution in [0.4, 0.5) is 0 Å². The van der Waals surface area contributed by atoms with Gasteiger partial charge in [-0.2, -0.15) is 0 Å². The summed E-state index contributed by atoms with van der Waals surface area (Å²) < 4.78 is 0. The normalized spacial score (nSPS) is 13.3. The predicted octanol–water partition coefficient (Wildman–Crippen LogP) is 4.32. The van der Waals surface area contributed by atoms with Crippen molar-refractivity contribution in [1.29, 1.82) is 0 Å². The number of aryl methyl sites for hydroxylation is 2. The maximum atomic E-state index is 2.33. The standard InChI is InChI=1S/C14H22/c1-6-13-9-11(4)7-8-14(13)12(5)10(2)3/h7-10,12H,6H2,1-5H3. The smallest absolute Gasteiger partial charge is 0.0165 e. The molecule has 0 saturated carbocycles. The molecule has 0 aromatic heterocycles. The van der Waals surface area contributed by atoms with Crippen LogP contribution in [0.1, 0.15) is 50.3 Å². The Balaban J connectivity index is 3.07. The van der Waals surface area contributed by atoms with Gasteiger partial charge in [0.1, 0.15) is 0 Å². The molecule has 14 heavy (non-hydrogen) atoms. The molecule has 0 aliphatic rings. The summed E-state index contributed by atoms with van der Waals surface area (Å²) in [5.41, 5.74) is 4.43. The van der Waals surface area contributed by atoms with Crippen molar-refractivity contribution in [1.82, 2.24) is 0 Å². The van der Waals surface area contributed by atoms with Crippen molar-refractivity contribution in [3.05, 3.63) is 34.9 Å².